The Balaban J connectivity index is 0.00000218. The van der Waals surface area contributed by atoms with Crippen LogP contribution < -0.4 is 22.4 Å². The van der Waals surface area contributed by atoms with Crippen molar-refractivity contribution in [1.82, 2.24) is 19.9 Å². The van der Waals surface area contributed by atoms with Gasteiger partial charge in [-0.15, -0.1) is 22.1 Å². The summed E-state index contributed by atoms with van der Waals surface area (Å²) >= 11 is 0. The summed E-state index contributed by atoms with van der Waals surface area (Å²) in [4.78, 5) is 22.7. The van der Waals surface area contributed by atoms with Crippen LogP contribution in [0.25, 0.3) is 66.6 Å². The topological polar surface area (TPSA) is 94.4 Å². The van der Waals surface area contributed by atoms with Gasteiger partial charge in [-0.25, -0.2) is 9.97 Å². The second-order valence-corrected chi connectivity index (χ2v) is 16.8. The normalized spacial score (nSPS) is 17.1. The minimum Gasteiger partial charge on any atom is -1.00 e. The first kappa shape index (κ1) is 39.2. The molecule has 294 valence electrons. The maximum Gasteiger partial charge on any atom is 3.00 e. The molecule has 6 aliphatic rings. The van der Waals surface area contributed by atoms with E-state index in [0.29, 0.717) is 0 Å². The molecule has 0 amide bonds. The number of allylic oxidation sites excluding steroid dienone is 4. The van der Waals surface area contributed by atoms with Crippen LogP contribution in [0.4, 0.5) is 0 Å². The van der Waals surface area contributed by atoms with Crippen LogP contribution in [0.1, 0.15) is 133 Å². The van der Waals surface area contributed by atoms with Crippen LogP contribution >= 0.6 is 0 Å². The fourth-order valence-electron chi connectivity index (χ4n) is 10.7. The molecule has 5 heterocycles. The van der Waals surface area contributed by atoms with Crippen LogP contribution in [-0.4, -0.2) is 20.2 Å². The van der Waals surface area contributed by atoms with E-state index in [1.165, 1.54) is 44.5 Å². The molecule has 2 aliphatic heterocycles. The van der Waals surface area contributed by atoms with Crippen molar-refractivity contribution in [2.24, 2.45) is 0 Å². The average Bonchev–Trinajstić information content (AvgIpc) is 4.01. The van der Waals surface area contributed by atoms with E-state index in [1.807, 2.05) is 0 Å². The van der Waals surface area contributed by atoms with E-state index in [2.05, 4.69) is 60.7 Å². The molecule has 11 rings (SSSR count). The molecular weight excluding hydrogens is 779 g/mol. The van der Waals surface area contributed by atoms with Crippen molar-refractivity contribution < 1.29 is 39.7 Å². The molecule has 0 spiro atoms. The van der Waals surface area contributed by atoms with E-state index in [9.17, 15) is 10.2 Å². The summed E-state index contributed by atoms with van der Waals surface area (Å²) in [6.45, 7) is 0.0415. The number of aliphatic hydroxyl groups excluding tert-OH is 2. The smallest absolute Gasteiger partial charge is 1.00 e. The number of halogens is 1. The molecule has 8 heteroatoms. The Morgan fingerprint density at radius 3 is 1.22 bits per heavy atom. The number of aromatic nitrogens is 4. The third-order valence-electron chi connectivity index (χ3n) is 13.5. The summed E-state index contributed by atoms with van der Waals surface area (Å²) in [5.74, 6) is 0. The summed E-state index contributed by atoms with van der Waals surface area (Å²) in [5.41, 5.74) is 25.9. The molecule has 8 bridgehead atoms. The van der Waals surface area contributed by atoms with Crippen molar-refractivity contribution >= 4 is 44.4 Å². The van der Waals surface area contributed by atoms with Crippen molar-refractivity contribution in [2.45, 2.75) is 116 Å². The molecule has 3 aromatic heterocycles. The van der Waals surface area contributed by atoms with Gasteiger partial charge in [0, 0.05) is 5.56 Å². The zero-order chi connectivity index (χ0) is 37.3. The first-order chi connectivity index (χ1) is 27.7. The van der Waals surface area contributed by atoms with Gasteiger partial charge in [-0.3, -0.25) is 0 Å². The van der Waals surface area contributed by atoms with Crippen molar-refractivity contribution in [3.8, 4) is 22.3 Å². The molecule has 0 fully saturated rings. The van der Waals surface area contributed by atoms with Gasteiger partial charge in [0.1, 0.15) is 0 Å². The number of rotatable bonds is 4. The Labute approximate surface area is 357 Å². The first-order valence-electron chi connectivity index (χ1n) is 21.3. The van der Waals surface area contributed by atoms with E-state index in [1.54, 1.807) is 0 Å². The zero-order valence-electron chi connectivity index (χ0n) is 32.9. The summed E-state index contributed by atoms with van der Waals surface area (Å²) in [5, 5.41) is 20.0. The van der Waals surface area contributed by atoms with Gasteiger partial charge in [-0.1, -0.05) is 82.9 Å². The molecule has 4 aliphatic carbocycles. The summed E-state index contributed by atoms with van der Waals surface area (Å²) in [6.07, 6.45) is 17.4. The molecule has 5 aromatic rings. The van der Waals surface area contributed by atoms with E-state index < -0.39 is 0 Å². The van der Waals surface area contributed by atoms with Crippen LogP contribution in [0.2, 0.25) is 0 Å². The molecule has 2 aromatic carbocycles. The van der Waals surface area contributed by atoms with Gasteiger partial charge in [0.15, 0.2) is 0 Å². The molecule has 2 N–H and O–H groups in total. The maximum atomic E-state index is 10.0. The number of benzene rings is 2. The van der Waals surface area contributed by atoms with E-state index in [4.69, 9.17) is 19.9 Å². The SMILES string of the molecule is OCc1ccc(-c2c3nc(cc4[n-]c(c5c4CCCC5)c(-c4ccc(CO)cc4)c4[n-]c(cc5nc2C2=C5CCCC2)c2c4CCCC2)C2=C3CCCC2)cc1.[Cl-].[Mn+3]. The maximum absolute atomic E-state index is 10.0. The molecular formula is C50H48ClMnN4O2. The number of aliphatic hydroxyl groups is 2. The predicted molar refractivity (Wildman–Crippen MR) is 226 cm³/mol. The van der Waals surface area contributed by atoms with Gasteiger partial charge >= 0.3 is 17.1 Å². The van der Waals surface area contributed by atoms with Gasteiger partial charge < -0.3 is 32.6 Å². The Morgan fingerprint density at radius 1 is 0.448 bits per heavy atom. The quantitative estimate of drug-likeness (QED) is 0.181. The summed E-state index contributed by atoms with van der Waals surface area (Å²) in [7, 11) is 0. The summed E-state index contributed by atoms with van der Waals surface area (Å²) < 4.78 is 0. The average molecular weight is 827 g/mol. The second kappa shape index (κ2) is 16.1. The van der Waals surface area contributed by atoms with Gasteiger partial charge in [0.2, 0.25) is 0 Å². The Hall–Kier alpha value is -4.23. The van der Waals surface area contributed by atoms with Crippen LogP contribution in [0.5, 0.6) is 0 Å². The fraction of sp³-hybridized carbons (Fsp3) is 0.360. The van der Waals surface area contributed by atoms with Crippen LogP contribution in [0.3, 0.4) is 0 Å². The first-order valence-corrected chi connectivity index (χ1v) is 21.3. The van der Waals surface area contributed by atoms with E-state index >= 15 is 0 Å². The Morgan fingerprint density at radius 2 is 0.810 bits per heavy atom. The molecule has 0 saturated carbocycles. The zero-order valence-corrected chi connectivity index (χ0v) is 34.9. The van der Waals surface area contributed by atoms with Crippen molar-refractivity contribution in [1.29, 1.82) is 0 Å². The van der Waals surface area contributed by atoms with Crippen LogP contribution in [-0.2, 0) is 56.0 Å². The van der Waals surface area contributed by atoms with Crippen molar-refractivity contribution in [2.75, 3.05) is 0 Å². The third kappa shape index (κ3) is 6.46. The second-order valence-electron chi connectivity index (χ2n) is 16.8. The largest absolute Gasteiger partial charge is 3.00 e. The molecule has 0 radical (unpaired) electrons. The standard InChI is InChI=1S/C50H48N4O2.ClH.Mn/c55-27-29-17-21-31(22-18-29)45-47-37-13-5-1-9-33(37)41(51-47)25-42-34-10-2-6-14-38(34)49(52-42)46(32-23-19-30(28-56)20-24-32)50-40-16-8-4-12-36(40)44(54-50)26-43-35-11-3-7-15-39(35)48(45)53-43;;/h17-26,55-56H,1-16,27-28H2;1H;/q-2;;+3/p-1. The van der Waals surface area contributed by atoms with Crippen LogP contribution in [0.15, 0.2) is 60.7 Å². The monoisotopic (exact) mass is 826 g/mol. The van der Waals surface area contributed by atoms with Gasteiger partial charge in [-0.05, 0) is 153 Å². The minimum absolute atomic E-state index is 0. The molecule has 58 heavy (non-hydrogen) atoms. The molecule has 0 saturated heterocycles. The van der Waals surface area contributed by atoms with Crippen LogP contribution in [0, 0.1) is 0 Å². The predicted octanol–water partition coefficient (Wildman–Crippen LogP) is 7.62. The number of hydrogen-bond donors (Lipinski definition) is 2. The van der Waals surface area contributed by atoms with Crippen molar-refractivity contribution in [3.63, 3.8) is 0 Å². The minimum atomic E-state index is 0. The van der Waals surface area contributed by atoms with Gasteiger partial charge in [0.05, 0.1) is 36.0 Å². The molecule has 0 unspecified atom stereocenters. The van der Waals surface area contributed by atoms with E-state index in [-0.39, 0.29) is 42.7 Å². The molecule has 6 nitrogen and oxygen atoms in total. The summed E-state index contributed by atoms with van der Waals surface area (Å²) in [6, 6.07) is 21.6. The third-order valence-corrected chi connectivity index (χ3v) is 13.5. The number of hydrogen-bond acceptors (Lipinski definition) is 4. The Bertz CT molecular complexity index is 2530. The van der Waals surface area contributed by atoms with Gasteiger partial charge in [-0.2, -0.15) is 0 Å². The number of fused-ring (bicyclic) bond motifs is 18. The Kier molecular flexibility index (Phi) is 10.9. The fourth-order valence-corrected chi connectivity index (χ4v) is 10.7. The number of aryl methyl sites for hydroxylation is 4. The van der Waals surface area contributed by atoms with Gasteiger partial charge in [0.25, 0.3) is 0 Å². The van der Waals surface area contributed by atoms with Crippen molar-refractivity contribution in [3.05, 3.63) is 117 Å². The van der Waals surface area contributed by atoms with E-state index in [0.717, 1.165) is 181 Å². The number of nitrogens with zero attached hydrogens (tertiary/aromatic N) is 4. The molecule has 0 atom stereocenters.